The predicted octanol–water partition coefficient (Wildman–Crippen LogP) is 3.39. The van der Waals surface area contributed by atoms with Gasteiger partial charge in [-0.15, -0.1) is 0 Å². The Balaban J connectivity index is 0.000000277. The van der Waals surface area contributed by atoms with E-state index in [1.54, 1.807) is 0 Å². The van der Waals surface area contributed by atoms with E-state index in [0.717, 1.165) is 25.2 Å². The summed E-state index contributed by atoms with van der Waals surface area (Å²) in [6.45, 7) is 4.48. The van der Waals surface area contributed by atoms with Crippen molar-refractivity contribution in [1.29, 1.82) is 0 Å². The standard InChI is InChI=1S/C15H21N3.C2HF3O2/c1-2-3-12-6-9-18-14(11-17-15(18)10-12)13-4-7-16-8-5-13;3-2(4,5)1(6)7/h6,9-11,13,16H,2-5,7-8H2,1H3;(H,6,7). The predicted molar refractivity (Wildman–Crippen MR) is 87.7 cm³/mol. The molecule has 1 aliphatic rings. The van der Waals surface area contributed by atoms with Crippen LogP contribution in [0, 0.1) is 0 Å². The number of carboxylic acids is 1. The highest BCUT2D eigenvalue weighted by Crippen LogP contribution is 2.26. The fraction of sp³-hybridized carbons (Fsp3) is 0.529. The molecule has 138 valence electrons. The molecule has 1 fully saturated rings. The number of aliphatic carboxylic acids is 1. The molecule has 0 amide bonds. The number of aromatic nitrogens is 2. The van der Waals surface area contributed by atoms with Gasteiger partial charge in [0.1, 0.15) is 5.65 Å². The Hall–Kier alpha value is -2.09. The summed E-state index contributed by atoms with van der Waals surface area (Å²) in [6, 6.07) is 4.47. The summed E-state index contributed by atoms with van der Waals surface area (Å²) < 4.78 is 34.0. The van der Waals surface area contributed by atoms with Gasteiger partial charge >= 0.3 is 12.1 Å². The fourth-order valence-corrected chi connectivity index (χ4v) is 2.91. The second-order valence-electron chi connectivity index (χ2n) is 6.02. The number of pyridine rings is 1. The van der Waals surface area contributed by atoms with Gasteiger partial charge in [0.05, 0.1) is 0 Å². The van der Waals surface area contributed by atoms with Crippen LogP contribution in [0.3, 0.4) is 0 Å². The molecule has 0 aromatic carbocycles. The number of fused-ring (bicyclic) bond motifs is 1. The Labute approximate surface area is 143 Å². The van der Waals surface area contributed by atoms with E-state index in [1.165, 1.54) is 30.5 Å². The molecule has 3 heterocycles. The van der Waals surface area contributed by atoms with Crippen LogP contribution in [0.15, 0.2) is 24.5 Å². The molecule has 0 spiro atoms. The van der Waals surface area contributed by atoms with Crippen molar-refractivity contribution in [3.63, 3.8) is 0 Å². The zero-order chi connectivity index (χ0) is 18.4. The van der Waals surface area contributed by atoms with Gasteiger partial charge in [-0.25, -0.2) is 9.78 Å². The van der Waals surface area contributed by atoms with E-state index in [0.29, 0.717) is 5.92 Å². The number of imidazole rings is 1. The van der Waals surface area contributed by atoms with Crippen molar-refractivity contribution in [2.45, 2.75) is 44.7 Å². The van der Waals surface area contributed by atoms with Gasteiger partial charge in [-0.3, -0.25) is 0 Å². The highest BCUT2D eigenvalue weighted by atomic mass is 19.4. The SMILES string of the molecule is CCCc1ccn2c(C3CCNCC3)cnc2c1.O=C(O)C(F)(F)F. The van der Waals surface area contributed by atoms with Crippen molar-refractivity contribution < 1.29 is 23.1 Å². The number of nitrogens with zero attached hydrogens (tertiary/aromatic N) is 2. The first-order chi connectivity index (χ1) is 11.8. The monoisotopic (exact) mass is 357 g/mol. The first kappa shape index (κ1) is 19.2. The van der Waals surface area contributed by atoms with Gasteiger partial charge in [-0.2, -0.15) is 13.2 Å². The van der Waals surface area contributed by atoms with E-state index < -0.39 is 12.1 Å². The van der Waals surface area contributed by atoms with Crippen LogP contribution in [0.5, 0.6) is 0 Å². The maximum absolute atomic E-state index is 10.6. The Kier molecular flexibility index (Phi) is 6.41. The second kappa shape index (κ2) is 8.33. The third-order valence-electron chi connectivity index (χ3n) is 4.14. The summed E-state index contributed by atoms with van der Waals surface area (Å²) in [5.41, 5.74) is 3.89. The molecule has 2 aromatic rings. The highest BCUT2D eigenvalue weighted by molar-refractivity contribution is 5.73. The minimum atomic E-state index is -5.08. The quantitative estimate of drug-likeness (QED) is 0.884. The van der Waals surface area contributed by atoms with Crippen LogP contribution in [-0.2, 0) is 11.2 Å². The van der Waals surface area contributed by atoms with Gasteiger partial charge in [0.15, 0.2) is 0 Å². The molecular weight excluding hydrogens is 335 g/mol. The summed E-state index contributed by atoms with van der Waals surface area (Å²) in [7, 11) is 0. The lowest BCUT2D eigenvalue weighted by atomic mass is 9.95. The molecule has 2 N–H and O–H groups in total. The van der Waals surface area contributed by atoms with Crippen LogP contribution in [0.1, 0.15) is 43.4 Å². The van der Waals surface area contributed by atoms with Crippen LogP contribution in [0.25, 0.3) is 5.65 Å². The van der Waals surface area contributed by atoms with E-state index in [1.807, 2.05) is 0 Å². The van der Waals surface area contributed by atoms with Gasteiger partial charge in [-0.05, 0) is 50.0 Å². The number of carboxylic acid groups (broad SMARTS) is 1. The number of nitrogens with one attached hydrogen (secondary N) is 1. The first-order valence-electron chi connectivity index (χ1n) is 8.29. The zero-order valence-corrected chi connectivity index (χ0v) is 14.0. The van der Waals surface area contributed by atoms with Gasteiger partial charge in [0.25, 0.3) is 0 Å². The average Bonchev–Trinajstić information content (AvgIpc) is 2.99. The van der Waals surface area contributed by atoms with Crippen LogP contribution in [-0.4, -0.2) is 39.7 Å². The second-order valence-corrected chi connectivity index (χ2v) is 6.02. The molecular formula is C17H22F3N3O2. The number of hydrogen-bond donors (Lipinski definition) is 2. The smallest absolute Gasteiger partial charge is 0.475 e. The topological polar surface area (TPSA) is 66.6 Å². The highest BCUT2D eigenvalue weighted by Gasteiger charge is 2.38. The summed E-state index contributed by atoms with van der Waals surface area (Å²) in [6.07, 6.45) is 3.98. The van der Waals surface area contributed by atoms with Crippen molar-refractivity contribution in [2.24, 2.45) is 0 Å². The number of piperidine rings is 1. The average molecular weight is 357 g/mol. The third-order valence-corrected chi connectivity index (χ3v) is 4.14. The lowest BCUT2D eigenvalue weighted by molar-refractivity contribution is -0.192. The number of alkyl halides is 3. The molecule has 5 nitrogen and oxygen atoms in total. The summed E-state index contributed by atoms with van der Waals surface area (Å²) in [5.74, 6) is -2.09. The molecule has 0 bridgehead atoms. The molecule has 25 heavy (non-hydrogen) atoms. The maximum atomic E-state index is 10.6. The van der Waals surface area contributed by atoms with Crippen LogP contribution < -0.4 is 5.32 Å². The van der Waals surface area contributed by atoms with Crippen molar-refractivity contribution >= 4 is 11.6 Å². The van der Waals surface area contributed by atoms with Gasteiger partial charge < -0.3 is 14.8 Å². The summed E-state index contributed by atoms with van der Waals surface area (Å²) in [5, 5.41) is 10.5. The maximum Gasteiger partial charge on any atom is 0.490 e. The molecule has 1 aliphatic heterocycles. The van der Waals surface area contributed by atoms with Crippen LogP contribution in [0.4, 0.5) is 13.2 Å². The Morgan fingerprint density at radius 1 is 1.40 bits per heavy atom. The van der Waals surface area contributed by atoms with E-state index in [2.05, 4.69) is 46.2 Å². The molecule has 2 aromatic heterocycles. The van der Waals surface area contributed by atoms with Crippen molar-refractivity contribution in [2.75, 3.05) is 13.1 Å². The molecule has 0 unspecified atom stereocenters. The van der Waals surface area contributed by atoms with Crippen molar-refractivity contribution in [3.05, 3.63) is 35.8 Å². The molecule has 3 rings (SSSR count). The minimum Gasteiger partial charge on any atom is -0.475 e. The minimum absolute atomic E-state index is 0.665. The van der Waals surface area contributed by atoms with Crippen LogP contribution in [0.2, 0.25) is 0 Å². The van der Waals surface area contributed by atoms with Crippen LogP contribution >= 0.6 is 0 Å². The Bertz CT molecular complexity index is 707. The van der Waals surface area contributed by atoms with E-state index in [9.17, 15) is 13.2 Å². The number of carbonyl (C=O) groups is 1. The van der Waals surface area contributed by atoms with E-state index >= 15 is 0 Å². The molecule has 8 heteroatoms. The summed E-state index contributed by atoms with van der Waals surface area (Å²) in [4.78, 5) is 13.5. The van der Waals surface area contributed by atoms with Gasteiger partial charge in [-0.1, -0.05) is 13.3 Å². The van der Waals surface area contributed by atoms with Gasteiger partial charge in [0, 0.05) is 24.0 Å². The molecule has 1 saturated heterocycles. The van der Waals surface area contributed by atoms with E-state index in [4.69, 9.17) is 9.90 Å². The number of hydrogen-bond acceptors (Lipinski definition) is 3. The summed E-state index contributed by atoms with van der Waals surface area (Å²) >= 11 is 0. The largest absolute Gasteiger partial charge is 0.490 e. The molecule has 0 radical (unpaired) electrons. The molecule has 0 saturated carbocycles. The molecule has 0 atom stereocenters. The van der Waals surface area contributed by atoms with E-state index in [-0.39, 0.29) is 0 Å². The Morgan fingerprint density at radius 2 is 2.04 bits per heavy atom. The van der Waals surface area contributed by atoms with Crippen molar-refractivity contribution in [1.82, 2.24) is 14.7 Å². The number of halogens is 3. The fourth-order valence-electron chi connectivity index (χ4n) is 2.91. The number of aryl methyl sites for hydroxylation is 1. The first-order valence-corrected chi connectivity index (χ1v) is 8.29. The Morgan fingerprint density at radius 3 is 2.60 bits per heavy atom. The lowest BCUT2D eigenvalue weighted by Gasteiger charge is -2.22. The zero-order valence-electron chi connectivity index (χ0n) is 14.0. The molecule has 0 aliphatic carbocycles. The normalized spacial score (nSPS) is 15.7. The number of rotatable bonds is 3. The third kappa shape index (κ3) is 5.19. The van der Waals surface area contributed by atoms with Gasteiger partial charge in [0.2, 0.25) is 0 Å². The van der Waals surface area contributed by atoms with Crippen molar-refractivity contribution in [3.8, 4) is 0 Å². The lowest BCUT2D eigenvalue weighted by Crippen LogP contribution is -2.27.